The van der Waals surface area contributed by atoms with Crippen LogP contribution in [0.5, 0.6) is 0 Å². The summed E-state index contributed by atoms with van der Waals surface area (Å²) in [5.74, 6) is -0.0730. The highest BCUT2D eigenvalue weighted by atomic mass is 16.3. The maximum absolute atomic E-state index is 12.5. The first-order valence-electron chi connectivity index (χ1n) is 36.0. The average Bonchev–Trinajstić information content (AvgIpc) is 3.47. The van der Waals surface area contributed by atoms with E-state index < -0.39 is 12.1 Å². The molecule has 0 bridgehead atoms. The van der Waals surface area contributed by atoms with Gasteiger partial charge in [-0.3, -0.25) is 4.79 Å². The predicted molar refractivity (Wildman–Crippen MR) is 363 cm³/mol. The Kier molecular flexibility index (Phi) is 69.2. The fraction of sp³-hybridized carbons (Fsp3) is 0.779. The van der Waals surface area contributed by atoms with Crippen LogP contribution >= 0.6 is 0 Å². The van der Waals surface area contributed by atoms with Gasteiger partial charge in [-0.05, 0) is 89.9 Å². The van der Waals surface area contributed by atoms with E-state index in [1.807, 2.05) is 6.08 Å². The number of hydrogen-bond acceptors (Lipinski definition) is 3. The number of carbonyl (C=O) groups is 1. The van der Waals surface area contributed by atoms with Gasteiger partial charge in [0.2, 0.25) is 5.91 Å². The molecule has 4 nitrogen and oxygen atoms in total. The van der Waals surface area contributed by atoms with Gasteiger partial charge in [-0.1, -0.05) is 368 Å². The molecule has 0 spiro atoms. The van der Waals surface area contributed by atoms with E-state index in [0.717, 1.165) is 70.6 Å². The minimum Gasteiger partial charge on any atom is -0.394 e. The Morgan fingerprint density at radius 1 is 0.309 bits per heavy atom. The Bertz CT molecular complexity index is 1470. The smallest absolute Gasteiger partial charge is 0.220 e. The van der Waals surface area contributed by atoms with Crippen molar-refractivity contribution in [3.05, 3.63) is 97.2 Å². The van der Waals surface area contributed by atoms with Crippen molar-refractivity contribution in [2.75, 3.05) is 6.61 Å². The molecule has 0 aliphatic rings. The van der Waals surface area contributed by atoms with Gasteiger partial charge >= 0.3 is 0 Å². The maximum Gasteiger partial charge on any atom is 0.220 e. The molecule has 0 aromatic heterocycles. The van der Waals surface area contributed by atoms with Gasteiger partial charge in [0.05, 0.1) is 18.8 Å². The van der Waals surface area contributed by atoms with Gasteiger partial charge < -0.3 is 15.5 Å². The van der Waals surface area contributed by atoms with Crippen molar-refractivity contribution in [2.24, 2.45) is 0 Å². The van der Waals surface area contributed by atoms with E-state index in [1.165, 1.54) is 276 Å². The highest BCUT2D eigenvalue weighted by molar-refractivity contribution is 5.76. The van der Waals surface area contributed by atoms with Crippen LogP contribution in [-0.2, 0) is 4.79 Å². The van der Waals surface area contributed by atoms with Gasteiger partial charge in [-0.15, -0.1) is 0 Å². The Balaban J connectivity index is 3.47. The van der Waals surface area contributed by atoms with Gasteiger partial charge in [-0.2, -0.15) is 0 Å². The first-order valence-corrected chi connectivity index (χ1v) is 36.0. The molecule has 0 radical (unpaired) electrons. The second-order valence-electron chi connectivity index (χ2n) is 24.3. The lowest BCUT2D eigenvalue weighted by Crippen LogP contribution is -2.45. The predicted octanol–water partition coefficient (Wildman–Crippen LogP) is 24.8. The summed E-state index contributed by atoms with van der Waals surface area (Å²) in [6.45, 7) is 4.21. The number of allylic oxidation sites excluding steroid dienone is 15. The largest absolute Gasteiger partial charge is 0.394 e. The molecule has 0 aromatic rings. The van der Waals surface area contributed by atoms with Crippen LogP contribution in [0, 0.1) is 0 Å². The van der Waals surface area contributed by atoms with E-state index in [0.29, 0.717) is 6.42 Å². The number of amides is 1. The summed E-state index contributed by atoms with van der Waals surface area (Å²) in [5, 5.41) is 23.3. The zero-order valence-electron chi connectivity index (χ0n) is 54.3. The third-order valence-corrected chi connectivity index (χ3v) is 16.3. The zero-order valence-corrected chi connectivity index (χ0v) is 54.3. The van der Waals surface area contributed by atoms with Crippen molar-refractivity contribution in [1.29, 1.82) is 0 Å². The molecule has 1 amide bonds. The van der Waals surface area contributed by atoms with Crippen molar-refractivity contribution in [3.8, 4) is 0 Å². The summed E-state index contributed by atoms with van der Waals surface area (Å²) >= 11 is 0. The number of nitrogens with one attached hydrogen (secondary N) is 1. The van der Waals surface area contributed by atoms with Crippen molar-refractivity contribution in [2.45, 2.75) is 379 Å². The molecular weight excluding hydrogens is 987 g/mol. The summed E-state index contributed by atoms with van der Waals surface area (Å²) in [4.78, 5) is 12.5. The molecule has 0 saturated heterocycles. The van der Waals surface area contributed by atoms with Crippen molar-refractivity contribution in [3.63, 3.8) is 0 Å². The van der Waals surface area contributed by atoms with E-state index in [4.69, 9.17) is 0 Å². The molecule has 0 aliphatic heterocycles. The van der Waals surface area contributed by atoms with E-state index in [9.17, 15) is 15.0 Å². The molecule has 0 rings (SSSR count). The van der Waals surface area contributed by atoms with Crippen LogP contribution in [-0.4, -0.2) is 34.9 Å². The molecular formula is C77H139NO3. The minimum atomic E-state index is -0.874. The van der Waals surface area contributed by atoms with Gasteiger partial charge in [0.15, 0.2) is 0 Å². The average molecular weight is 1130 g/mol. The number of unbranched alkanes of at least 4 members (excludes halogenated alkanes) is 45. The highest BCUT2D eigenvalue weighted by Gasteiger charge is 2.18. The molecule has 3 N–H and O–H groups in total. The second-order valence-corrected chi connectivity index (χ2v) is 24.3. The zero-order chi connectivity index (χ0) is 58.4. The quantitative estimate of drug-likeness (QED) is 0.0420. The molecule has 0 aromatic carbocycles. The standard InChI is InChI=1S/C77H139NO3/c1-3-5-7-9-11-13-15-17-19-21-23-25-27-29-31-33-34-35-36-37-38-39-40-41-42-43-44-45-47-49-51-53-55-57-59-61-63-65-67-69-71-73-77(81)78-75(74-79)76(80)72-70-68-66-64-62-60-58-56-54-52-50-48-46-32-30-28-26-24-22-20-18-16-14-12-10-8-6-4-2/h5,7,11,13,17,19,23,25,29,31,54,56,62,64,70,72,75-76,79-80H,3-4,6,8-10,12,14-16,18,20-22,24,26-28,30,32-53,55,57-61,63,65-69,71,73-74H2,1-2H3,(H,78,81)/b7-5-,13-11-,19-17-,25-23-,31-29-,56-54+,64-62+,72-70+. The van der Waals surface area contributed by atoms with Crippen molar-refractivity contribution >= 4 is 5.91 Å². The van der Waals surface area contributed by atoms with Crippen LogP contribution in [0.25, 0.3) is 0 Å². The molecule has 470 valence electrons. The lowest BCUT2D eigenvalue weighted by atomic mass is 10.0. The van der Waals surface area contributed by atoms with Crippen LogP contribution in [0.4, 0.5) is 0 Å². The number of aliphatic hydroxyl groups is 2. The summed E-state index contributed by atoms with van der Waals surface area (Å²) in [5.41, 5.74) is 0. The number of aliphatic hydroxyl groups excluding tert-OH is 2. The van der Waals surface area contributed by atoms with Crippen LogP contribution < -0.4 is 5.32 Å². The Morgan fingerprint density at radius 2 is 0.556 bits per heavy atom. The Labute approximate surface area is 506 Å². The first kappa shape index (κ1) is 78.3. The molecule has 2 unspecified atom stereocenters. The molecule has 0 fully saturated rings. The third-order valence-electron chi connectivity index (χ3n) is 16.3. The highest BCUT2D eigenvalue weighted by Crippen LogP contribution is 2.18. The van der Waals surface area contributed by atoms with E-state index >= 15 is 0 Å². The van der Waals surface area contributed by atoms with E-state index in [2.05, 4.69) is 104 Å². The van der Waals surface area contributed by atoms with E-state index in [-0.39, 0.29) is 12.5 Å². The summed E-state index contributed by atoms with van der Waals surface area (Å²) in [6.07, 6.45) is 107. The van der Waals surface area contributed by atoms with E-state index in [1.54, 1.807) is 6.08 Å². The summed E-state index contributed by atoms with van der Waals surface area (Å²) in [6, 6.07) is -0.650. The molecule has 2 atom stereocenters. The van der Waals surface area contributed by atoms with Gasteiger partial charge in [0, 0.05) is 6.42 Å². The molecule has 0 heterocycles. The fourth-order valence-electron chi connectivity index (χ4n) is 10.9. The number of carbonyl (C=O) groups excluding carboxylic acids is 1. The normalized spacial score (nSPS) is 13.3. The summed E-state index contributed by atoms with van der Waals surface area (Å²) in [7, 11) is 0. The minimum absolute atomic E-state index is 0.0730. The first-order chi connectivity index (χ1) is 40.2. The van der Waals surface area contributed by atoms with Crippen LogP contribution in [0.3, 0.4) is 0 Å². The Hall–Kier alpha value is -2.69. The van der Waals surface area contributed by atoms with Gasteiger partial charge in [0.1, 0.15) is 0 Å². The van der Waals surface area contributed by atoms with Crippen LogP contribution in [0.2, 0.25) is 0 Å². The summed E-state index contributed by atoms with van der Waals surface area (Å²) < 4.78 is 0. The van der Waals surface area contributed by atoms with Gasteiger partial charge in [0.25, 0.3) is 0 Å². The molecule has 81 heavy (non-hydrogen) atoms. The maximum atomic E-state index is 12.5. The lowest BCUT2D eigenvalue weighted by Gasteiger charge is -2.19. The molecule has 0 saturated carbocycles. The third kappa shape index (κ3) is 68.0. The number of rotatable bonds is 66. The number of hydrogen-bond donors (Lipinski definition) is 3. The molecule has 4 heteroatoms. The van der Waals surface area contributed by atoms with Crippen molar-refractivity contribution < 1.29 is 15.0 Å². The van der Waals surface area contributed by atoms with Gasteiger partial charge in [-0.25, -0.2) is 0 Å². The second kappa shape index (κ2) is 71.6. The van der Waals surface area contributed by atoms with Crippen LogP contribution in [0.1, 0.15) is 367 Å². The SMILES string of the molecule is CC/C=C\C/C=C\C/C=C\C/C=C\C/C=C\CCCCCCCCCCCCCCCCCCCCCCCCCCCC(=O)NC(CO)C(O)/C=C/CC/C=C/CC/C=C/CCCCCCCCCCCCCCCCCCCC. The topological polar surface area (TPSA) is 69.6 Å². The van der Waals surface area contributed by atoms with Crippen LogP contribution in [0.15, 0.2) is 97.2 Å². The lowest BCUT2D eigenvalue weighted by molar-refractivity contribution is -0.123. The fourth-order valence-corrected chi connectivity index (χ4v) is 10.9. The van der Waals surface area contributed by atoms with Crippen molar-refractivity contribution in [1.82, 2.24) is 5.32 Å². The molecule has 0 aliphatic carbocycles. The monoisotopic (exact) mass is 1130 g/mol. The Morgan fingerprint density at radius 3 is 0.864 bits per heavy atom.